The van der Waals surface area contributed by atoms with Gasteiger partial charge in [0.2, 0.25) is 0 Å². The highest BCUT2D eigenvalue weighted by atomic mass is 32.2. The molecule has 1 N–H and O–H groups in total. The van der Waals surface area contributed by atoms with Gasteiger partial charge in [0.1, 0.15) is 0 Å². The van der Waals surface area contributed by atoms with Crippen LogP contribution in [0.5, 0.6) is 0 Å². The lowest BCUT2D eigenvalue weighted by molar-refractivity contribution is -0.0849. The van der Waals surface area contributed by atoms with Crippen LogP contribution in [0.25, 0.3) is 0 Å². The molecule has 1 aliphatic carbocycles. The van der Waals surface area contributed by atoms with Crippen molar-refractivity contribution in [1.29, 1.82) is 0 Å². The van der Waals surface area contributed by atoms with Crippen molar-refractivity contribution >= 4 is 16.9 Å². The Morgan fingerprint density at radius 1 is 1.38 bits per heavy atom. The van der Waals surface area contributed by atoms with Gasteiger partial charge in [-0.25, -0.2) is 0 Å². The summed E-state index contributed by atoms with van der Waals surface area (Å²) >= 11 is 1.91. The molecule has 2 unspecified atom stereocenters. The zero-order valence-corrected chi connectivity index (χ0v) is 10.2. The van der Waals surface area contributed by atoms with Gasteiger partial charge in [-0.3, -0.25) is 4.99 Å². The number of hydrogen-bond donors (Lipinski definition) is 1. The van der Waals surface area contributed by atoms with E-state index in [4.69, 9.17) is 9.47 Å². The number of ether oxygens (including phenoxy) is 2. The van der Waals surface area contributed by atoms with E-state index < -0.39 is 0 Å². The molecule has 0 aromatic carbocycles. The maximum atomic E-state index is 5.57. The number of rotatable bonds is 3. The maximum absolute atomic E-state index is 5.57. The van der Waals surface area contributed by atoms with Gasteiger partial charge in [-0.05, 0) is 18.8 Å². The molecular formula is C11H18N2O2S. The van der Waals surface area contributed by atoms with Crippen molar-refractivity contribution in [2.45, 2.75) is 24.2 Å². The van der Waals surface area contributed by atoms with E-state index in [1.807, 2.05) is 11.8 Å². The summed E-state index contributed by atoms with van der Waals surface area (Å²) in [5.41, 5.74) is 0. The van der Waals surface area contributed by atoms with Crippen LogP contribution in [0.15, 0.2) is 4.99 Å². The van der Waals surface area contributed by atoms with Crippen molar-refractivity contribution in [3.8, 4) is 0 Å². The highest BCUT2D eigenvalue weighted by molar-refractivity contribution is 8.14. The second-order valence-corrected chi connectivity index (χ2v) is 5.82. The van der Waals surface area contributed by atoms with Crippen LogP contribution in [0, 0.1) is 5.92 Å². The van der Waals surface area contributed by atoms with E-state index in [2.05, 4.69) is 10.3 Å². The van der Waals surface area contributed by atoms with E-state index in [0.29, 0.717) is 6.61 Å². The van der Waals surface area contributed by atoms with Gasteiger partial charge in [-0.2, -0.15) is 0 Å². The summed E-state index contributed by atoms with van der Waals surface area (Å²) < 4.78 is 10.9. The Hall–Kier alpha value is -0.260. The highest BCUT2D eigenvalue weighted by Gasteiger charge is 2.35. The molecule has 2 atom stereocenters. The van der Waals surface area contributed by atoms with Gasteiger partial charge in [0.25, 0.3) is 0 Å². The normalized spacial score (nSPS) is 34.9. The first-order valence-electron chi connectivity index (χ1n) is 6.06. The number of nitrogens with one attached hydrogen (secondary N) is 1. The van der Waals surface area contributed by atoms with Gasteiger partial charge < -0.3 is 14.8 Å². The number of amidine groups is 1. The molecule has 2 aliphatic heterocycles. The molecule has 2 heterocycles. The molecule has 5 heteroatoms. The predicted molar refractivity (Wildman–Crippen MR) is 65.0 cm³/mol. The third-order valence-corrected chi connectivity index (χ3v) is 4.52. The monoisotopic (exact) mass is 242 g/mol. The molecule has 1 saturated heterocycles. The summed E-state index contributed by atoms with van der Waals surface area (Å²) in [6.45, 7) is 3.98. The molecule has 1 saturated carbocycles. The maximum Gasteiger partial charge on any atom is 0.157 e. The minimum atomic E-state index is 0.192. The summed E-state index contributed by atoms with van der Waals surface area (Å²) in [5, 5.41) is 5.22. The minimum Gasteiger partial charge on any atom is -0.376 e. The van der Waals surface area contributed by atoms with Crippen LogP contribution in [0.2, 0.25) is 0 Å². The standard InChI is InChI=1S/C11H18N2O2S/c1-2-8(1)10-6-13-11(16-10)12-5-9-7-14-3-4-15-9/h8-10H,1-7H2,(H,12,13). The molecule has 2 fully saturated rings. The second-order valence-electron chi connectivity index (χ2n) is 4.59. The summed E-state index contributed by atoms with van der Waals surface area (Å²) in [4.78, 5) is 4.53. The van der Waals surface area contributed by atoms with Gasteiger partial charge >= 0.3 is 0 Å². The van der Waals surface area contributed by atoms with Crippen molar-refractivity contribution in [3.05, 3.63) is 0 Å². The van der Waals surface area contributed by atoms with Crippen LogP contribution in [-0.4, -0.2) is 49.4 Å². The zero-order valence-electron chi connectivity index (χ0n) is 9.35. The Kier molecular flexibility index (Phi) is 3.35. The first-order valence-corrected chi connectivity index (χ1v) is 6.94. The number of nitrogens with zero attached hydrogens (tertiary/aromatic N) is 1. The zero-order chi connectivity index (χ0) is 10.8. The van der Waals surface area contributed by atoms with E-state index in [1.54, 1.807) is 0 Å². The topological polar surface area (TPSA) is 42.8 Å². The van der Waals surface area contributed by atoms with Crippen molar-refractivity contribution in [2.75, 3.05) is 32.9 Å². The number of thioether (sulfide) groups is 1. The third kappa shape index (κ3) is 2.70. The van der Waals surface area contributed by atoms with E-state index in [1.165, 1.54) is 12.8 Å². The van der Waals surface area contributed by atoms with Crippen LogP contribution in [0.3, 0.4) is 0 Å². The summed E-state index contributed by atoms with van der Waals surface area (Å²) in [7, 11) is 0. The quantitative estimate of drug-likeness (QED) is 0.797. The predicted octanol–water partition coefficient (Wildman–Crippen LogP) is 0.873. The third-order valence-electron chi connectivity index (χ3n) is 3.19. The average Bonchev–Trinajstić information content (AvgIpc) is 3.08. The lowest BCUT2D eigenvalue weighted by Gasteiger charge is -2.23. The number of hydrogen-bond acceptors (Lipinski definition) is 5. The average molecular weight is 242 g/mol. The van der Waals surface area contributed by atoms with Crippen molar-refractivity contribution in [2.24, 2.45) is 10.9 Å². The fourth-order valence-electron chi connectivity index (χ4n) is 2.06. The van der Waals surface area contributed by atoms with Gasteiger partial charge in [-0.1, -0.05) is 11.8 Å². The Morgan fingerprint density at radius 3 is 3.06 bits per heavy atom. The molecule has 16 heavy (non-hydrogen) atoms. The van der Waals surface area contributed by atoms with Crippen molar-refractivity contribution < 1.29 is 9.47 Å². The van der Waals surface area contributed by atoms with E-state index in [-0.39, 0.29) is 6.10 Å². The van der Waals surface area contributed by atoms with Crippen LogP contribution in [0.1, 0.15) is 12.8 Å². The summed E-state index contributed by atoms with van der Waals surface area (Å²) in [6.07, 6.45) is 3.00. The molecule has 3 aliphatic rings. The molecular weight excluding hydrogens is 224 g/mol. The van der Waals surface area contributed by atoms with E-state index in [9.17, 15) is 0 Å². The molecule has 90 valence electrons. The fraction of sp³-hybridized carbons (Fsp3) is 0.909. The molecule has 0 amide bonds. The van der Waals surface area contributed by atoms with E-state index in [0.717, 1.165) is 42.6 Å². The van der Waals surface area contributed by atoms with Gasteiger partial charge in [0.05, 0.1) is 32.5 Å². The molecule has 0 bridgehead atoms. The largest absolute Gasteiger partial charge is 0.376 e. The Morgan fingerprint density at radius 2 is 2.31 bits per heavy atom. The lowest BCUT2D eigenvalue weighted by atomic mass is 10.3. The molecule has 4 nitrogen and oxygen atoms in total. The summed E-state index contributed by atoms with van der Waals surface area (Å²) in [6, 6.07) is 0. The van der Waals surface area contributed by atoms with Crippen LogP contribution >= 0.6 is 11.8 Å². The van der Waals surface area contributed by atoms with Crippen LogP contribution < -0.4 is 5.32 Å². The van der Waals surface area contributed by atoms with Gasteiger partial charge in [0, 0.05) is 11.8 Å². The molecule has 0 aromatic heterocycles. The minimum absolute atomic E-state index is 0.192. The van der Waals surface area contributed by atoms with Gasteiger partial charge in [0.15, 0.2) is 5.17 Å². The molecule has 0 spiro atoms. The van der Waals surface area contributed by atoms with Crippen LogP contribution in [-0.2, 0) is 9.47 Å². The highest BCUT2D eigenvalue weighted by Crippen LogP contribution is 2.41. The molecule has 0 radical (unpaired) electrons. The van der Waals surface area contributed by atoms with Gasteiger partial charge in [-0.15, -0.1) is 0 Å². The Labute approximate surface area is 100 Å². The first-order chi connectivity index (χ1) is 7.92. The molecule has 0 aromatic rings. The Balaban J connectivity index is 1.38. The smallest absolute Gasteiger partial charge is 0.157 e. The van der Waals surface area contributed by atoms with Crippen LogP contribution in [0.4, 0.5) is 0 Å². The fourth-order valence-corrected chi connectivity index (χ4v) is 3.27. The van der Waals surface area contributed by atoms with Crippen molar-refractivity contribution in [3.63, 3.8) is 0 Å². The summed E-state index contributed by atoms with van der Waals surface area (Å²) in [5.74, 6) is 0.933. The van der Waals surface area contributed by atoms with Crippen molar-refractivity contribution in [1.82, 2.24) is 5.32 Å². The van der Waals surface area contributed by atoms with E-state index >= 15 is 0 Å². The number of aliphatic imine (C=N–C) groups is 1. The SMILES string of the molecule is C1COC(CNC2=NCC(C3CC3)S2)CO1. The molecule has 3 rings (SSSR count). The first kappa shape index (κ1) is 10.9. The lowest BCUT2D eigenvalue weighted by Crippen LogP contribution is -2.38. The Bertz CT molecular complexity index is 275. The second kappa shape index (κ2) is 4.94.